The number of hydrogen-bond acceptors (Lipinski definition) is 8. The van der Waals surface area contributed by atoms with E-state index in [9.17, 15) is 24.5 Å². The summed E-state index contributed by atoms with van der Waals surface area (Å²) in [6.07, 6.45) is 5.91. The van der Waals surface area contributed by atoms with Gasteiger partial charge in [-0.1, -0.05) is 23.8 Å². The predicted octanol–water partition coefficient (Wildman–Crippen LogP) is 1.94. The molecule has 0 unspecified atom stereocenters. The van der Waals surface area contributed by atoms with Gasteiger partial charge in [0, 0.05) is 11.6 Å². The summed E-state index contributed by atoms with van der Waals surface area (Å²) in [6, 6.07) is 2.45. The van der Waals surface area contributed by atoms with Gasteiger partial charge in [0.05, 0.1) is 35.1 Å². The van der Waals surface area contributed by atoms with Crippen molar-refractivity contribution in [1.29, 1.82) is 0 Å². The Bertz CT molecular complexity index is 992. The molecule has 1 aliphatic heterocycles. The number of hydrogen-bond donors (Lipinski definition) is 0. The first-order valence-corrected chi connectivity index (χ1v) is 9.47. The van der Waals surface area contributed by atoms with Gasteiger partial charge in [-0.2, -0.15) is 10.1 Å². The maximum atomic E-state index is 12.6. The Kier molecular flexibility index (Phi) is 5.02. The maximum absolute atomic E-state index is 12.6. The molecule has 4 atom stereocenters. The summed E-state index contributed by atoms with van der Waals surface area (Å²) in [4.78, 5) is 47.2. The smallest absolute Gasteiger partial charge is 0.343 e. The van der Waals surface area contributed by atoms with Gasteiger partial charge < -0.3 is 9.47 Å². The monoisotopic (exact) mass is 433 g/mol. The number of fused-ring (bicyclic) bond motifs is 5. The molecule has 2 amide bonds. The summed E-state index contributed by atoms with van der Waals surface area (Å²) in [5.74, 6) is -2.43. The average Bonchev–Trinajstić information content (AvgIpc) is 3.39. The fraction of sp³-hybridized carbons (Fsp3) is 0.368. The van der Waals surface area contributed by atoms with Crippen LogP contribution in [0.5, 0.6) is 5.75 Å². The molecule has 11 heteroatoms. The number of carbonyl (C=O) groups is 3. The van der Waals surface area contributed by atoms with Crippen LogP contribution in [-0.2, 0) is 19.1 Å². The summed E-state index contributed by atoms with van der Waals surface area (Å²) in [5, 5.41) is 16.1. The zero-order chi connectivity index (χ0) is 21.6. The first-order valence-electron chi connectivity index (χ1n) is 9.09. The minimum Gasteiger partial charge on any atom is -0.474 e. The molecule has 2 aliphatic carbocycles. The summed E-state index contributed by atoms with van der Waals surface area (Å²) in [6.45, 7) is -0.555. The minimum atomic E-state index is -0.730. The maximum Gasteiger partial charge on any atom is 0.343 e. The number of esters is 1. The third-order valence-corrected chi connectivity index (χ3v) is 5.86. The summed E-state index contributed by atoms with van der Waals surface area (Å²) in [7, 11) is 1.15. The molecule has 1 aromatic carbocycles. The molecule has 1 saturated carbocycles. The number of imide groups is 1. The Morgan fingerprint density at radius 2 is 1.93 bits per heavy atom. The van der Waals surface area contributed by atoms with Crippen molar-refractivity contribution < 1.29 is 28.8 Å². The molecule has 4 rings (SSSR count). The Labute approximate surface area is 175 Å². The van der Waals surface area contributed by atoms with Gasteiger partial charge in [-0.3, -0.25) is 19.7 Å². The molecular formula is C19H16ClN3O7. The summed E-state index contributed by atoms with van der Waals surface area (Å²) < 4.78 is 9.54. The number of halogens is 1. The van der Waals surface area contributed by atoms with E-state index in [2.05, 4.69) is 9.84 Å². The molecule has 1 aromatic rings. The van der Waals surface area contributed by atoms with Crippen LogP contribution < -0.4 is 4.74 Å². The van der Waals surface area contributed by atoms with Crippen LogP contribution in [0.25, 0.3) is 0 Å². The van der Waals surface area contributed by atoms with Gasteiger partial charge in [-0.15, -0.1) is 0 Å². The number of benzene rings is 1. The first kappa shape index (κ1) is 20.0. The van der Waals surface area contributed by atoms with Gasteiger partial charge >= 0.3 is 11.7 Å². The number of ether oxygens (including phenoxy) is 2. The normalized spacial score (nSPS) is 26.5. The second kappa shape index (κ2) is 7.52. The van der Waals surface area contributed by atoms with E-state index >= 15 is 0 Å². The minimum absolute atomic E-state index is 0.0541. The molecule has 1 saturated heterocycles. The van der Waals surface area contributed by atoms with Crippen LogP contribution in [-0.4, -0.2) is 47.6 Å². The number of nitrogens with zero attached hydrogens (tertiary/aromatic N) is 3. The lowest BCUT2D eigenvalue weighted by molar-refractivity contribution is -0.385. The number of amides is 2. The lowest BCUT2D eigenvalue weighted by atomic mass is 9.85. The zero-order valence-corrected chi connectivity index (χ0v) is 16.4. The molecule has 0 radical (unpaired) electrons. The van der Waals surface area contributed by atoms with Gasteiger partial charge in [-0.05, 0) is 24.3 Å². The second-order valence-corrected chi connectivity index (χ2v) is 7.61. The SMILES string of the molecule is COC(=O)COc1c(Cl)cc(C=NN2C(=O)[C@@H]3[C@H](C2=O)[C@H]2C=C[C@H]3C2)cc1[N+](=O)[O-]. The van der Waals surface area contributed by atoms with Crippen LogP contribution in [0, 0.1) is 33.8 Å². The highest BCUT2D eigenvalue weighted by Crippen LogP contribution is 2.52. The van der Waals surface area contributed by atoms with Gasteiger partial charge in [0.1, 0.15) is 0 Å². The van der Waals surface area contributed by atoms with Gasteiger partial charge in [0.25, 0.3) is 11.8 Å². The summed E-state index contributed by atoms with van der Waals surface area (Å²) >= 11 is 6.08. The third-order valence-electron chi connectivity index (χ3n) is 5.57. The molecule has 3 aliphatic rings. The highest BCUT2D eigenvalue weighted by molar-refractivity contribution is 6.32. The fourth-order valence-electron chi connectivity index (χ4n) is 4.27. The lowest BCUT2D eigenvalue weighted by Gasteiger charge is -2.13. The van der Waals surface area contributed by atoms with Crippen LogP contribution >= 0.6 is 11.6 Å². The Morgan fingerprint density at radius 3 is 2.50 bits per heavy atom. The van der Waals surface area contributed by atoms with Crippen molar-refractivity contribution in [2.75, 3.05) is 13.7 Å². The number of hydrazone groups is 1. The average molecular weight is 434 g/mol. The van der Waals surface area contributed by atoms with Crippen LogP contribution in [0.15, 0.2) is 29.4 Å². The predicted molar refractivity (Wildman–Crippen MR) is 103 cm³/mol. The molecular weight excluding hydrogens is 418 g/mol. The third kappa shape index (κ3) is 3.22. The van der Waals surface area contributed by atoms with Crippen molar-refractivity contribution in [2.24, 2.45) is 28.8 Å². The van der Waals surface area contributed by atoms with E-state index in [0.717, 1.165) is 30.8 Å². The van der Waals surface area contributed by atoms with Gasteiger partial charge in [-0.25, -0.2) is 4.79 Å². The second-order valence-electron chi connectivity index (χ2n) is 7.21. The van der Waals surface area contributed by atoms with Crippen molar-refractivity contribution in [3.05, 3.63) is 45.0 Å². The molecule has 2 bridgehead atoms. The Balaban J connectivity index is 1.57. The standard InChI is InChI=1S/C19H16ClN3O7/c1-29-14(24)8-30-17-12(20)4-9(5-13(17)23(27)28)7-21-22-18(25)15-10-2-3-11(6-10)16(15)19(22)26/h2-5,7,10-11,15-16H,6,8H2,1H3/t10-,11-,15-,16+/m0/s1. The summed E-state index contributed by atoms with van der Waals surface area (Å²) in [5.41, 5.74) is -0.304. The van der Waals surface area contributed by atoms with E-state index in [0.29, 0.717) is 0 Å². The van der Waals surface area contributed by atoms with Crippen molar-refractivity contribution in [3.63, 3.8) is 0 Å². The Morgan fingerprint density at radius 1 is 1.30 bits per heavy atom. The lowest BCUT2D eigenvalue weighted by Crippen LogP contribution is -2.28. The molecule has 30 heavy (non-hydrogen) atoms. The highest BCUT2D eigenvalue weighted by atomic mass is 35.5. The fourth-order valence-corrected chi connectivity index (χ4v) is 4.54. The van der Waals surface area contributed by atoms with E-state index in [1.807, 2.05) is 12.2 Å². The molecule has 156 valence electrons. The zero-order valence-electron chi connectivity index (χ0n) is 15.7. The molecule has 0 spiro atoms. The van der Waals surface area contributed by atoms with E-state index in [-0.39, 0.29) is 40.0 Å². The van der Waals surface area contributed by atoms with E-state index in [1.165, 1.54) is 6.07 Å². The van der Waals surface area contributed by atoms with Crippen LogP contribution in [0.1, 0.15) is 12.0 Å². The molecule has 0 aromatic heterocycles. The largest absolute Gasteiger partial charge is 0.474 e. The van der Waals surface area contributed by atoms with E-state index in [4.69, 9.17) is 16.3 Å². The number of rotatable bonds is 6. The van der Waals surface area contributed by atoms with Crippen molar-refractivity contribution in [1.82, 2.24) is 5.01 Å². The number of allylic oxidation sites excluding steroid dienone is 2. The molecule has 10 nitrogen and oxygen atoms in total. The van der Waals surface area contributed by atoms with Crippen LogP contribution in [0.2, 0.25) is 5.02 Å². The number of nitro benzene ring substituents is 1. The highest BCUT2D eigenvalue weighted by Gasteiger charge is 2.59. The molecule has 1 heterocycles. The Hall–Kier alpha value is -3.27. The van der Waals surface area contributed by atoms with Crippen molar-refractivity contribution >= 4 is 41.3 Å². The number of carbonyl (C=O) groups excluding carboxylic acids is 3. The van der Waals surface area contributed by atoms with Crippen LogP contribution in [0.3, 0.4) is 0 Å². The number of nitro groups is 1. The quantitative estimate of drug-likeness (QED) is 0.167. The van der Waals surface area contributed by atoms with Crippen molar-refractivity contribution in [3.8, 4) is 5.75 Å². The van der Waals surface area contributed by atoms with Gasteiger partial charge in [0.2, 0.25) is 5.75 Å². The first-order chi connectivity index (χ1) is 14.3. The molecule has 0 N–H and O–H groups in total. The van der Waals surface area contributed by atoms with Crippen LogP contribution in [0.4, 0.5) is 5.69 Å². The number of methoxy groups -OCH3 is 1. The van der Waals surface area contributed by atoms with Crippen molar-refractivity contribution in [2.45, 2.75) is 6.42 Å². The van der Waals surface area contributed by atoms with Gasteiger partial charge in [0.15, 0.2) is 6.61 Å². The molecule has 2 fully saturated rings. The topological polar surface area (TPSA) is 128 Å². The van der Waals surface area contributed by atoms with E-state index in [1.54, 1.807) is 0 Å². The van der Waals surface area contributed by atoms with E-state index < -0.39 is 35.0 Å².